The lowest BCUT2D eigenvalue weighted by Crippen LogP contribution is -2.39. The molecule has 1 saturated carbocycles. The average molecular weight is 449 g/mol. The van der Waals surface area contributed by atoms with Crippen molar-refractivity contribution in [2.45, 2.75) is 37.2 Å². The molecule has 166 valence electrons. The van der Waals surface area contributed by atoms with Crippen molar-refractivity contribution < 1.29 is 13.2 Å². The van der Waals surface area contributed by atoms with Gasteiger partial charge in [0.05, 0.1) is 10.6 Å². The van der Waals surface area contributed by atoms with Gasteiger partial charge >= 0.3 is 0 Å². The van der Waals surface area contributed by atoms with Gasteiger partial charge in [0.15, 0.2) is 0 Å². The van der Waals surface area contributed by atoms with Gasteiger partial charge < -0.3 is 4.90 Å². The summed E-state index contributed by atoms with van der Waals surface area (Å²) in [6.45, 7) is 2.58. The lowest BCUT2D eigenvalue weighted by Gasteiger charge is -2.30. The van der Waals surface area contributed by atoms with Gasteiger partial charge in [-0.25, -0.2) is 8.42 Å². The van der Waals surface area contributed by atoms with Crippen molar-refractivity contribution in [2.75, 3.05) is 11.4 Å². The standard InChI is InChI=1S/C26H28N2O3S/c1-20(22-16-17-22)28(19-21-10-5-3-6-11-21)26(29)23-12-9-15-25(18-23)32(30,31)27(2)24-13-7-4-8-14-24/h3-15,18,20,22H,16-17,19H2,1-2H3. The summed E-state index contributed by atoms with van der Waals surface area (Å²) in [5, 5.41) is 0. The zero-order valence-corrected chi connectivity index (χ0v) is 19.2. The zero-order valence-electron chi connectivity index (χ0n) is 18.4. The number of para-hydroxylation sites is 1. The van der Waals surface area contributed by atoms with E-state index in [9.17, 15) is 13.2 Å². The van der Waals surface area contributed by atoms with E-state index < -0.39 is 10.0 Å². The number of benzene rings is 3. The van der Waals surface area contributed by atoms with Crippen LogP contribution in [0.25, 0.3) is 0 Å². The van der Waals surface area contributed by atoms with E-state index in [-0.39, 0.29) is 16.8 Å². The maximum Gasteiger partial charge on any atom is 0.264 e. The second-order valence-corrected chi connectivity index (χ2v) is 10.3. The third-order valence-corrected chi connectivity index (χ3v) is 7.89. The van der Waals surface area contributed by atoms with Gasteiger partial charge in [0.2, 0.25) is 0 Å². The van der Waals surface area contributed by atoms with Crippen LogP contribution in [0.15, 0.2) is 89.8 Å². The molecule has 1 atom stereocenters. The predicted molar refractivity (Wildman–Crippen MR) is 127 cm³/mol. The van der Waals surface area contributed by atoms with Crippen LogP contribution in [0.2, 0.25) is 0 Å². The second kappa shape index (κ2) is 9.17. The summed E-state index contributed by atoms with van der Waals surface area (Å²) in [5.74, 6) is 0.353. The van der Waals surface area contributed by atoms with E-state index in [0.29, 0.717) is 23.7 Å². The number of hydrogen-bond donors (Lipinski definition) is 0. The Kier molecular flexibility index (Phi) is 6.33. The van der Waals surface area contributed by atoms with E-state index in [1.165, 1.54) is 23.5 Å². The Labute approximate surface area is 190 Å². The third kappa shape index (κ3) is 4.70. The topological polar surface area (TPSA) is 57.7 Å². The second-order valence-electron chi connectivity index (χ2n) is 8.33. The first-order valence-corrected chi connectivity index (χ1v) is 12.3. The summed E-state index contributed by atoms with van der Waals surface area (Å²) in [7, 11) is -2.27. The molecular weight excluding hydrogens is 420 g/mol. The van der Waals surface area contributed by atoms with Gasteiger partial charge in [-0.15, -0.1) is 0 Å². The van der Waals surface area contributed by atoms with Crippen LogP contribution in [0.1, 0.15) is 35.7 Å². The number of hydrogen-bond acceptors (Lipinski definition) is 3. The molecule has 1 unspecified atom stereocenters. The summed E-state index contributed by atoms with van der Waals surface area (Å²) in [6, 6.07) is 25.3. The fourth-order valence-corrected chi connectivity index (χ4v) is 5.15. The number of carbonyl (C=O) groups is 1. The Bertz CT molecular complexity index is 1180. The molecule has 0 N–H and O–H groups in total. The number of nitrogens with zero attached hydrogens (tertiary/aromatic N) is 2. The summed E-state index contributed by atoms with van der Waals surface area (Å²) < 4.78 is 27.7. The highest BCUT2D eigenvalue weighted by Crippen LogP contribution is 2.36. The van der Waals surface area contributed by atoms with Crippen LogP contribution < -0.4 is 4.31 Å². The van der Waals surface area contributed by atoms with Crippen LogP contribution in [0.4, 0.5) is 5.69 Å². The fraction of sp³-hybridized carbons (Fsp3) is 0.269. The van der Waals surface area contributed by atoms with Gasteiger partial charge in [0.25, 0.3) is 15.9 Å². The smallest absolute Gasteiger partial charge is 0.264 e. The summed E-state index contributed by atoms with van der Waals surface area (Å²) in [4.78, 5) is 15.5. The van der Waals surface area contributed by atoms with E-state index >= 15 is 0 Å². The molecule has 0 heterocycles. The van der Waals surface area contributed by atoms with Crippen molar-refractivity contribution >= 4 is 21.6 Å². The van der Waals surface area contributed by atoms with Crippen molar-refractivity contribution in [3.8, 4) is 0 Å². The molecular formula is C26H28N2O3S. The zero-order chi connectivity index (χ0) is 22.7. The van der Waals surface area contributed by atoms with Crippen LogP contribution in [0.5, 0.6) is 0 Å². The molecule has 1 aliphatic rings. The van der Waals surface area contributed by atoms with Gasteiger partial charge in [0, 0.05) is 25.2 Å². The number of amides is 1. The van der Waals surface area contributed by atoms with Gasteiger partial charge in [-0.05, 0) is 61.6 Å². The number of anilines is 1. The lowest BCUT2D eigenvalue weighted by atomic mass is 10.1. The lowest BCUT2D eigenvalue weighted by molar-refractivity contribution is 0.0654. The molecule has 1 fully saturated rings. The van der Waals surface area contributed by atoms with Crippen LogP contribution in [0.3, 0.4) is 0 Å². The number of carbonyl (C=O) groups excluding carboxylic acids is 1. The van der Waals surface area contributed by atoms with Crippen LogP contribution >= 0.6 is 0 Å². The minimum Gasteiger partial charge on any atom is -0.331 e. The molecule has 0 aliphatic heterocycles. The molecule has 1 amide bonds. The van der Waals surface area contributed by atoms with E-state index in [4.69, 9.17) is 0 Å². The first kappa shape index (κ1) is 22.1. The molecule has 0 aromatic heterocycles. The highest BCUT2D eigenvalue weighted by Gasteiger charge is 2.35. The van der Waals surface area contributed by atoms with Crippen molar-refractivity contribution in [2.24, 2.45) is 5.92 Å². The van der Waals surface area contributed by atoms with Crippen LogP contribution in [0, 0.1) is 5.92 Å². The molecule has 32 heavy (non-hydrogen) atoms. The molecule has 3 aromatic carbocycles. The summed E-state index contributed by atoms with van der Waals surface area (Å²) >= 11 is 0. The van der Waals surface area contributed by atoms with Gasteiger partial charge in [0.1, 0.15) is 0 Å². The minimum absolute atomic E-state index is 0.0926. The summed E-state index contributed by atoms with van der Waals surface area (Å²) in [6.07, 6.45) is 2.24. The first-order valence-electron chi connectivity index (χ1n) is 10.9. The van der Waals surface area contributed by atoms with Crippen LogP contribution in [-0.2, 0) is 16.6 Å². The van der Waals surface area contributed by atoms with Crippen molar-refractivity contribution in [3.63, 3.8) is 0 Å². The predicted octanol–water partition coefficient (Wildman–Crippen LogP) is 4.95. The number of rotatable bonds is 8. The van der Waals surface area contributed by atoms with Gasteiger partial charge in [-0.3, -0.25) is 9.10 Å². The van der Waals surface area contributed by atoms with Crippen molar-refractivity contribution in [1.82, 2.24) is 4.90 Å². The molecule has 1 aliphatic carbocycles. The van der Waals surface area contributed by atoms with Gasteiger partial charge in [-0.2, -0.15) is 0 Å². The average Bonchev–Trinajstić information content (AvgIpc) is 3.68. The monoisotopic (exact) mass is 448 g/mol. The molecule has 6 heteroatoms. The van der Waals surface area contributed by atoms with E-state index in [1.807, 2.05) is 41.3 Å². The van der Waals surface area contributed by atoms with Gasteiger partial charge in [-0.1, -0.05) is 54.6 Å². The molecule has 0 radical (unpaired) electrons. The molecule has 0 saturated heterocycles. The maximum atomic E-state index is 13.6. The minimum atomic E-state index is -3.79. The molecule has 0 spiro atoms. The summed E-state index contributed by atoms with van der Waals surface area (Å²) in [5.41, 5.74) is 2.01. The molecule has 3 aromatic rings. The van der Waals surface area contributed by atoms with E-state index in [0.717, 1.165) is 18.4 Å². The first-order chi connectivity index (χ1) is 15.4. The Morgan fingerprint density at radius 3 is 2.19 bits per heavy atom. The SMILES string of the molecule is CC(C1CC1)N(Cc1ccccc1)C(=O)c1cccc(S(=O)(=O)N(C)c2ccccc2)c1. The molecule has 0 bridgehead atoms. The Morgan fingerprint density at radius 1 is 0.938 bits per heavy atom. The highest BCUT2D eigenvalue weighted by molar-refractivity contribution is 7.92. The maximum absolute atomic E-state index is 13.6. The van der Waals surface area contributed by atoms with E-state index in [2.05, 4.69) is 6.92 Å². The van der Waals surface area contributed by atoms with E-state index in [1.54, 1.807) is 36.4 Å². The Hall–Kier alpha value is -3.12. The van der Waals surface area contributed by atoms with Crippen molar-refractivity contribution in [3.05, 3.63) is 96.1 Å². The number of sulfonamides is 1. The fourth-order valence-electron chi connectivity index (χ4n) is 3.90. The van der Waals surface area contributed by atoms with Crippen molar-refractivity contribution in [1.29, 1.82) is 0 Å². The Morgan fingerprint density at radius 2 is 1.56 bits per heavy atom. The Balaban J connectivity index is 1.63. The normalized spacial score (nSPS) is 14.6. The largest absolute Gasteiger partial charge is 0.331 e. The van der Waals surface area contributed by atoms with Crippen LogP contribution in [-0.4, -0.2) is 32.3 Å². The molecule has 5 nitrogen and oxygen atoms in total. The highest BCUT2D eigenvalue weighted by atomic mass is 32.2. The quantitative estimate of drug-likeness (QED) is 0.490. The molecule has 4 rings (SSSR count). The third-order valence-electron chi connectivity index (χ3n) is 6.11.